The van der Waals surface area contributed by atoms with E-state index < -0.39 is 0 Å². The van der Waals surface area contributed by atoms with Gasteiger partial charge in [0.05, 0.1) is 6.54 Å². The molecule has 0 bridgehead atoms. The lowest BCUT2D eigenvalue weighted by Crippen LogP contribution is -2.48. The van der Waals surface area contributed by atoms with Crippen molar-refractivity contribution in [3.8, 4) is 0 Å². The molecule has 2 rings (SSSR count). The Morgan fingerprint density at radius 2 is 2.35 bits per heavy atom. The molecule has 1 aliphatic rings. The number of nitrogens with zero attached hydrogens (tertiary/aromatic N) is 1. The molecule has 0 radical (unpaired) electrons. The summed E-state index contributed by atoms with van der Waals surface area (Å²) in [4.78, 5) is 13.6. The van der Waals surface area contributed by atoms with E-state index in [1.165, 1.54) is 0 Å². The molecule has 17 heavy (non-hydrogen) atoms. The van der Waals surface area contributed by atoms with Crippen LogP contribution >= 0.6 is 0 Å². The quantitative estimate of drug-likeness (QED) is 0.800. The van der Waals surface area contributed by atoms with Crippen molar-refractivity contribution >= 4 is 17.7 Å². The first-order valence-electron chi connectivity index (χ1n) is 5.79. The number of amides is 1. The molecule has 0 atom stereocenters. The molecular formula is C13H17N3O. The van der Waals surface area contributed by atoms with Crippen molar-refractivity contribution in [2.75, 3.05) is 31.1 Å². The Labute approximate surface area is 101 Å². The van der Waals surface area contributed by atoms with Crippen LogP contribution in [-0.2, 0) is 4.79 Å². The first kappa shape index (κ1) is 11.8. The van der Waals surface area contributed by atoms with Crippen molar-refractivity contribution in [1.82, 2.24) is 5.32 Å². The maximum Gasteiger partial charge on any atom is 0.240 e. The zero-order chi connectivity index (χ0) is 12.1. The third-order valence-electron chi connectivity index (χ3n) is 2.72. The fourth-order valence-electron chi connectivity index (χ4n) is 1.88. The number of carbonyl (C=O) groups is 1. The Bertz CT molecular complexity index is 428. The second kappa shape index (κ2) is 5.61. The van der Waals surface area contributed by atoms with Crippen LogP contribution in [0.5, 0.6) is 0 Å². The van der Waals surface area contributed by atoms with Crippen LogP contribution in [0.4, 0.5) is 5.69 Å². The van der Waals surface area contributed by atoms with Crippen LogP contribution in [0.15, 0.2) is 30.3 Å². The van der Waals surface area contributed by atoms with Gasteiger partial charge in [0.25, 0.3) is 0 Å². The minimum atomic E-state index is 0.121. The average Bonchev–Trinajstić information content (AvgIpc) is 2.37. The second-order valence-electron chi connectivity index (χ2n) is 3.96. The highest BCUT2D eigenvalue weighted by molar-refractivity contribution is 5.95. The summed E-state index contributed by atoms with van der Waals surface area (Å²) in [5.41, 5.74) is 7.44. The summed E-state index contributed by atoms with van der Waals surface area (Å²) in [5, 5.41) is 3.06. The molecule has 0 saturated carbocycles. The second-order valence-corrected chi connectivity index (χ2v) is 3.96. The maximum atomic E-state index is 11.7. The van der Waals surface area contributed by atoms with E-state index in [1.54, 1.807) is 0 Å². The van der Waals surface area contributed by atoms with Crippen LogP contribution in [0.2, 0.25) is 0 Å². The molecule has 1 aromatic rings. The van der Waals surface area contributed by atoms with Crippen LogP contribution in [0, 0.1) is 0 Å². The highest BCUT2D eigenvalue weighted by atomic mass is 16.2. The molecule has 0 aliphatic carbocycles. The number of benzene rings is 1. The minimum absolute atomic E-state index is 0.121. The summed E-state index contributed by atoms with van der Waals surface area (Å²) < 4.78 is 0. The SMILES string of the molecule is NC/C=C/c1cccc(N2CCNCC2=O)c1. The first-order chi connectivity index (χ1) is 8.31. The van der Waals surface area contributed by atoms with Gasteiger partial charge in [-0.15, -0.1) is 0 Å². The van der Waals surface area contributed by atoms with Crippen LogP contribution in [0.25, 0.3) is 6.08 Å². The fourth-order valence-corrected chi connectivity index (χ4v) is 1.88. The molecule has 3 N–H and O–H groups in total. The number of nitrogens with one attached hydrogen (secondary N) is 1. The normalized spacial score (nSPS) is 16.8. The van der Waals surface area contributed by atoms with E-state index in [1.807, 2.05) is 41.3 Å². The molecule has 1 aromatic carbocycles. The van der Waals surface area contributed by atoms with Crippen LogP contribution in [0.1, 0.15) is 5.56 Å². The molecule has 0 aromatic heterocycles. The van der Waals surface area contributed by atoms with Crippen molar-refractivity contribution < 1.29 is 4.79 Å². The molecule has 0 spiro atoms. The Morgan fingerprint density at radius 1 is 1.47 bits per heavy atom. The molecule has 1 fully saturated rings. The summed E-state index contributed by atoms with van der Waals surface area (Å²) in [6, 6.07) is 7.93. The standard InChI is InChI=1S/C13H17N3O/c14-6-2-4-11-3-1-5-12(9-11)16-8-7-15-10-13(16)17/h1-5,9,15H,6-8,10,14H2/b4-2+. The lowest BCUT2D eigenvalue weighted by atomic mass is 10.1. The van der Waals surface area contributed by atoms with Gasteiger partial charge in [-0.25, -0.2) is 0 Å². The van der Waals surface area contributed by atoms with Gasteiger partial charge < -0.3 is 16.0 Å². The van der Waals surface area contributed by atoms with Gasteiger partial charge in [0.15, 0.2) is 0 Å². The van der Waals surface area contributed by atoms with E-state index in [9.17, 15) is 4.79 Å². The summed E-state index contributed by atoms with van der Waals surface area (Å²) in [5.74, 6) is 0.121. The largest absolute Gasteiger partial charge is 0.327 e. The molecule has 1 aliphatic heterocycles. The first-order valence-corrected chi connectivity index (χ1v) is 5.79. The number of piperazine rings is 1. The smallest absolute Gasteiger partial charge is 0.240 e. The summed E-state index contributed by atoms with van der Waals surface area (Å²) in [7, 11) is 0. The van der Waals surface area contributed by atoms with Crippen molar-refractivity contribution in [3.63, 3.8) is 0 Å². The molecule has 0 unspecified atom stereocenters. The van der Waals surface area contributed by atoms with Crippen molar-refractivity contribution in [3.05, 3.63) is 35.9 Å². The molecule has 1 saturated heterocycles. The van der Waals surface area contributed by atoms with Gasteiger partial charge in [0.2, 0.25) is 5.91 Å². The van der Waals surface area contributed by atoms with Gasteiger partial charge in [-0.05, 0) is 17.7 Å². The Morgan fingerprint density at radius 3 is 3.12 bits per heavy atom. The van der Waals surface area contributed by atoms with Gasteiger partial charge in [-0.2, -0.15) is 0 Å². The number of carbonyl (C=O) groups excluding carboxylic acids is 1. The number of hydrogen-bond acceptors (Lipinski definition) is 3. The number of rotatable bonds is 3. The molecule has 4 nitrogen and oxygen atoms in total. The zero-order valence-electron chi connectivity index (χ0n) is 9.73. The van der Waals surface area contributed by atoms with E-state index in [2.05, 4.69) is 5.32 Å². The predicted octanol–water partition coefficient (Wildman–Crippen LogP) is 0.595. The highest BCUT2D eigenvalue weighted by Crippen LogP contribution is 2.18. The van der Waals surface area contributed by atoms with Crippen molar-refractivity contribution in [1.29, 1.82) is 0 Å². The van der Waals surface area contributed by atoms with Gasteiger partial charge in [0, 0.05) is 25.3 Å². The predicted molar refractivity (Wildman–Crippen MR) is 69.8 cm³/mol. The van der Waals surface area contributed by atoms with Gasteiger partial charge in [-0.3, -0.25) is 4.79 Å². The van der Waals surface area contributed by atoms with Crippen molar-refractivity contribution in [2.45, 2.75) is 0 Å². The topological polar surface area (TPSA) is 58.4 Å². The lowest BCUT2D eigenvalue weighted by Gasteiger charge is -2.27. The number of anilines is 1. The maximum absolute atomic E-state index is 11.7. The molecule has 1 amide bonds. The average molecular weight is 231 g/mol. The third kappa shape index (κ3) is 2.93. The van der Waals surface area contributed by atoms with E-state index in [4.69, 9.17) is 5.73 Å². The Kier molecular flexibility index (Phi) is 3.90. The van der Waals surface area contributed by atoms with Gasteiger partial charge >= 0.3 is 0 Å². The molecule has 90 valence electrons. The van der Waals surface area contributed by atoms with E-state index in [-0.39, 0.29) is 5.91 Å². The molecular weight excluding hydrogens is 214 g/mol. The van der Waals surface area contributed by atoms with E-state index in [0.29, 0.717) is 13.1 Å². The van der Waals surface area contributed by atoms with Gasteiger partial charge in [0.1, 0.15) is 0 Å². The van der Waals surface area contributed by atoms with E-state index in [0.717, 1.165) is 24.3 Å². The molecule has 4 heteroatoms. The van der Waals surface area contributed by atoms with E-state index >= 15 is 0 Å². The zero-order valence-corrected chi connectivity index (χ0v) is 9.73. The fraction of sp³-hybridized carbons (Fsp3) is 0.308. The van der Waals surface area contributed by atoms with Gasteiger partial charge in [-0.1, -0.05) is 24.3 Å². The molecule has 1 heterocycles. The third-order valence-corrected chi connectivity index (χ3v) is 2.72. The Hall–Kier alpha value is -1.65. The lowest BCUT2D eigenvalue weighted by molar-refractivity contribution is -0.118. The van der Waals surface area contributed by atoms with Crippen LogP contribution < -0.4 is 16.0 Å². The Balaban J connectivity index is 2.20. The number of nitrogens with two attached hydrogens (primary N) is 1. The monoisotopic (exact) mass is 231 g/mol. The van der Waals surface area contributed by atoms with Crippen molar-refractivity contribution in [2.24, 2.45) is 5.73 Å². The summed E-state index contributed by atoms with van der Waals surface area (Å²) in [6.07, 6.45) is 3.87. The van der Waals surface area contributed by atoms with Crippen LogP contribution in [-0.4, -0.2) is 32.1 Å². The highest BCUT2D eigenvalue weighted by Gasteiger charge is 2.18. The summed E-state index contributed by atoms with van der Waals surface area (Å²) in [6.45, 7) is 2.51. The minimum Gasteiger partial charge on any atom is -0.327 e. The number of hydrogen-bond donors (Lipinski definition) is 2. The summed E-state index contributed by atoms with van der Waals surface area (Å²) >= 11 is 0. The van der Waals surface area contributed by atoms with Crippen LogP contribution in [0.3, 0.4) is 0 Å².